The number of amides is 2. The first-order valence-electron chi connectivity index (χ1n) is 8.10. The van der Waals surface area contributed by atoms with Crippen LogP contribution in [0, 0.1) is 5.92 Å². The first-order valence-corrected chi connectivity index (χ1v) is 8.98. The molecule has 1 aromatic heterocycles. The number of carbonyl (C=O) groups excluding carboxylic acids is 2. The second kappa shape index (κ2) is 7.87. The molecule has 130 valence electrons. The lowest BCUT2D eigenvalue weighted by Gasteiger charge is -2.33. The van der Waals surface area contributed by atoms with Gasteiger partial charge in [-0.05, 0) is 12.8 Å². The molecule has 7 nitrogen and oxygen atoms in total. The summed E-state index contributed by atoms with van der Waals surface area (Å²) in [7, 11) is 0. The van der Waals surface area contributed by atoms with Crippen molar-refractivity contribution in [2.75, 3.05) is 11.9 Å². The largest absolute Gasteiger partial charge is 0.394 e. The van der Waals surface area contributed by atoms with E-state index in [-0.39, 0.29) is 36.8 Å². The predicted octanol–water partition coefficient (Wildman–Crippen LogP) is 1.07. The van der Waals surface area contributed by atoms with Crippen LogP contribution in [-0.2, 0) is 14.3 Å². The standard InChI is InChI=1S/C16H21N3O4S/c20-9-13-12(18-15(22)10-2-1-3-10)5-4-11(23-13)8-14(21)19-16-17-6-7-24-16/h4-7,10-13,20H,1-3,8-9H2,(H,18,22)(H,17,19,21)/t11-,12-,13-/m0/s1. The highest BCUT2D eigenvalue weighted by Gasteiger charge is 2.32. The third-order valence-corrected chi connectivity index (χ3v) is 5.00. The van der Waals surface area contributed by atoms with E-state index in [0.717, 1.165) is 19.3 Å². The highest BCUT2D eigenvalue weighted by molar-refractivity contribution is 7.13. The van der Waals surface area contributed by atoms with E-state index < -0.39 is 12.2 Å². The van der Waals surface area contributed by atoms with Crippen LogP contribution in [0.15, 0.2) is 23.7 Å². The van der Waals surface area contributed by atoms with E-state index in [1.54, 1.807) is 17.7 Å². The van der Waals surface area contributed by atoms with Crippen molar-refractivity contribution < 1.29 is 19.4 Å². The molecule has 1 saturated carbocycles. The van der Waals surface area contributed by atoms with Crippen LogP contribution in [0.5, 0.6) is 0 Å². The molecule has 0 unspecified atom stereocenters. The van der Waals surface area contributed by atoms with Gasteiger partial charge in [-0.2, -0.15) is 0 Å². The van der Waals surface area contributed by atoms with Crippen molar-refractivity contribution in [1.82, 2.24) is 10.3 Å². The summed E-state index contributed by atoms with van der Waals surface area (Å²) in [5, 5.41) is 17.5. The fourth-order valence-electron chi connectivity index (χ4n) is 2.73. The number of nitrogens with zero attached hydrogens (tertiary/aromatic N) is 1. The summed E-state index contributed by atoms with van der Waals surface area (Å²) >= 11 is 1.35. The van der Waals surface area contributed by atoms with Gasteiger partial charge in [0.05, 0.1) is 25.2 Å². The molecule has 0 bridgehead atoms. The minimum Gasteiger partial charge on any atom is -0.394 e. The maximum absolute atomic E-state index is 12.0. The van der Waals surface area contributed by atoms with Gasteiger partial charge in [-0.15, -0.1) is 11.3 Å². The summed E-state index contributed by atoms with van der Waals surface area (Å²) in [5.74, 6) is -0.106. The predicted molar refractivity (Wildman–Crippen MR) is 89.5 cm³/mol. The molecule has 1 aromatic rings. The van der Waals surface area contributed by atoms with Gasteiger partial charge >= 0.3 is 0 Å². The number of anilines is 1. The molecule has 24 heavy (non-hydrogen) atoms. The summed E-state index contributed by atoms with van der Waals surface area (Å²) in [6.07, 6.45) is 7.29. The topological polar surface area (TPSA) is 101 Å². The van der Waals surface area contributed by atoms with Gasteiger partial charge in [0, 0.05) is 17.5 Å². The number of carbonyl (C=O) groups is 2. The number of ether oxygens (including phenoxy) is 1. The van der Waals surface area contributed by atoms with E-state index in [1.165, 1.54) is 11.3 Å². The van der Waals surface area contributed by atoms with Gasteiger partial charge in [0.15, 0.2) is 5.13 Å². The highest BCUT2D eigenvalue weighted by atomic mass is 32.1. The maximum Gasteiger partial charge on any atom is 0.229 e. The van der Waals surface area contributed by atoms with Crippen LogP contribution in [-0.4, -0.2) is 46.8 Å². The van der Waals surface area contributed by atoms with E-state index >= 15 is 0 Å². The summed E-state index contributed by atoms with van der Waals surface area (Å²) < 4.78 is 5.74. The third-order valence-electron chi connectivity index (χ3n) is 4.31. The molecule has 3 rings (SSSR count). The Labute approximate surface area is 144 Å². The van der Waals surface area contributed by atoms with Gasteiger partial charge in [0.25, 0.3) is 0 Å². The van der Waals surface area contributed by atoms with Crippen molar-refractivity contribution in [3.63, 3.8) is 0 Å². The highest BCUT2D eigenvalue weighted by Crippen LogP contribution is 2.27. The van der Waals surface area contributed by atoms with Crippen molar-refractivity contribution in [3.05, 3.63) is 23.7 Å². The molecule has 1 fully saturated rings. The molecular formula is C16H21N3O4S. The lowest BCUT2D eigenvalue weighted by Crippen LogP contribution is -2.51. The van der Waals surface area contributed by atoms with Gasteiger partial charge in [-0.1, -0.05) is 18.6 Å². The second-order valence-electron chi connectivity index (χ2n) is 6.03. The summed E-state index contributed by atoms with van der Waals surface area (Å²) in [4.78, 5) is 28.0. The minimum atomic E-state index is -0.545. The molecule has 0 spiro atoms. The fourth-order valence-corrected chi connectivity index (χ4v) is 3.27. The average molecular weight is 351 g/mol. The van der Waals surface area contributed by atoms with Gasteiger partial charge in [-0.3, -0.25) is 9.59 Å². The van der Waals surface area contributed by atoms with Crippen LogP contribution in [0.4, 0.5) is 5.13 Å². The number of nitrogens with one attached hydrogen (secondary N) is 2. The van der Waals surface area contributed by atoms with Gasteiger partial charge in [-0.25, -0.2) is 4.98 Å². The summed E-state index contributed by atoms with van der Waals surface area (Å²) in [5.41, 5.74) is 0. The Morgan fingerprint density at radius 3 is 2.83 bits per heavy atom. The smallest absolute Gasteiger partial charge is 0.229 e. The number of aromatic nitrogens is 1. The minimum absolute atomic E-state index is 0.0120. The molecule has 2 amide bonds. The van der Waals surface area contributed by atoms with E-state index in [4.69, 9.17) is 4.74 Å². The molecule has 1 aliphatic carbocycles. The molecule has 2 heterocycles. The summed E-state index contributed by atoms with van der Waals surface area (Å²) in [6, 6.07) is -0.360. The SMILES string of the molecule is O=C(C[C@@H]1C=C[C@H](NC(=O)C2CCC2)[C@H](CO)O1)Nc1nccs1. The van der Waals surface area contributed by atoms with Crippen molar-refractivity contribution in [3.8, 4) is 0 Å². The number of hydrogen-bond donors (Lipinski definition) is 3. The molecular weight excluding hydrogens is 330 g/mol. The molecule has 2 aliphatic rings. The normalized spacial score (nSPS) is 26.6. The number of aliphatic hydroxyl groups is 1. The van der Waals surface area contributed by atoms with Crippen LogP contribution < -0.4 is 10.6 Å². The van der Waals surface area contributed by atoms with Crippen molar-refractivity contribution in [1.29, 1.82) is 0 Å². The summed E-state index contributed by atoms with van der Waals surface area (Å²) in [6.45, 7) is -0.218. The van der Waals surface area contributed by atoms with Gasteiger partial charge < -0.3 is 20.5 Å². The average Bonchev–Trinajstić information content (AvgIpc) is 2.99. The van der Waals surface area contributed by atoms with Crippen LogP contribution in [0.3, 0.4) is 0 Å². The number of hydrogen-bond acceptors (Lipinski definition) is 6. The molecule has 1 aliphatic heterocycles. The number of aliphatic hydroxyl groups excluding tert-OH is 1. The van der Waals surface area contributed by atoms with E-state index in [9.17, 15) is 14.7 Å². The van der Waals surface area contributed by atoms with Crippen LogP contribution in [0.1, 0.15) is 25.7 Å². The molecule has 3 atom stereocenters. The van der Waals surface area contributed by atoms with Crippen molar-refractivity contribution in [2.24, 2.45) is 5.92 Å². The quantitative estimate of drug-likeness (QED) is 0.666. The van der Waals surface area contributed by atoms with E-state index in [1.807, 2.05) is 6.08 Å². The van der Waals surface area contributed by atoms with E-state index in [2.05, 4.69) is 15.6 Å². The zero-order valence-corrected chi connectivity index (χ0v) is 14.0. The van der Waals surface area contributed by atoms with Gasteiger partial charge in [0.2, 0.25) is 11.8 Å². The Bertz CT molecular complexity index is 600. The second-order valence-corrected chi connectivity index (χ2v) is 6.93. The zero-order valence-electron chi connectivity index (χ0n) is 13.2. The maximum atomic E-state index is 12.0. The Morgan fingerprint density at radius 1 is 1.38 bits per heavy atom. The van der Waals surface area contributed by atoms with Crippen LogP contribution in [0.2, 0.25) is 0 Å². The first kappa shape index (κ1) is 17.1. The van der Waals surface area contributed by atoms with Crippen LogP contribution >= 0.6 is 11.3 Å². The Morgan fingerprint density at radius 2 is 2.21 bits per heavy atom. The molecule has 3 N–H and O–H groups in total. The van der Waals surface area contributed by atoms with Crippen molar-refractivity contribution >= 4 is 28.3 Å². The van der Waals surface area contributed by atoms with Crippen LogP contribution in [0.25, 0.3) is 0 Å². The Kier molecular flexibility index (Phi) is 5.60. The Balaban J connectivity index is 1.52. The van der Waals surface area contributed by atoms with Crippen molar-refractivity contribution in [2.45, 2.75) is 43.9 Å². The monoisotopic (exact) mass is 351 g/mol. The first-order chi connectivity index (χ1) is 11.7. The fraction of sp³-hybridized carbons (Fsp3) is 0.562. The molecule has 0 aromatic carbocycles. The van der Waals surface area contributed by atoms with E-state index in [0.29, 0.717) is 5.13 Å². The molecule has 0 saturated heterocycles. The lowest BCUT2D eigenvalue weighted by molar-refractivity contribution is -0.131. The lowest BCUT2D eigenvalue weighted by atomic mass is 9.84. The zero-order chi connectivity index (χ0) is 16.9. The number of thiazole rings is 1. The number of rotatable bonds is 6. The molecule has 0 radical (unpaired) electrons. The van der Waals surface area contributed by atoms with Gasteiger partial charge in [0.1, 0.15) is 6.10 Å². The third kappa shape index (κ3) is 4.19. The molecule has 8 heteroatoms. The Hall–Kier alpha value is -1.77.